The summed E-state index contributed by atoms with van der Waals surface area (Å²) in [6.07, 6.45) is -3.26. The molecule has 0 aliphatic carbocycles. The minimum absolute atomic E-state index is 0.0233. The standard InChI is InChI=1S/C15H16F3NO3/c16-15(17,18)12-5-3-10(4-6-12)8-13(20)19-7-1-2-11(9-19)14(21)22/h3-6,11H,1-2,7-9H2,(H,21,22)/t11-/m0/s1. The summed E-state index contributed by atoms with van der Waals surface area (Å²) in [5, 5.41) is 8.99. The summed E-state index contributed by atoms with van der Waals surface area (Å²) in [6, 6.07) is 4.44. The molecule has 4 nitrogen and oxygen atoms in total. The van der Waals surface area contributed by atoms with E-state index < -0.39 is 23.6 Å². The van der Waals surface area contributed by atoms with E-state index in [2.05, 4.69) is 0 Å². The fourth-order valence-corrected chi connectivity index (χ4v) is 2.50. The third-order valence-electron chi connectivity index (χ3n) is 3.76. The molecule has 1 heterocycles. The number of alkyl halides is 3. The molecule has 0 unspecified atom stereocenters. The average Bonchev–Trinajstić information content (AvgIpc) is 2.47. The van der Waals surface area contributed by atoms with Crippen molar-refractivity contribution < 1.29 is 27.9 Å². The molecule has 1 aliphatic heterocycles. The van der Waals surface area contributed by atoms with Gasteiger partial charge in [-0.2, -0.15) is 13.2 Å². The number of carboxylic acids is 1. The van der Waals surface area contributed by atoms with Crippen molar-refractivity contribution in [2.24, 2.45) is 5.92 Å². The van der Waals surface area contributed by atoms with Crippen molar-refractivity contribution in [2.45, 2.75) is 25.4 Å². The van der Waals surface area contributed by atoms with E-state index in [1.165, 1.54) is 17.0 Å². The highest BCUT2D eigenvalue weighted by Gasteiger charge is 2.30. The molecule has 120 valence electrons. The summed E-state index contributed by atoms with van der Waals surface area (Å²) in [5.74, 6) is -1.75. The molecule has 7 heteroatoms. The SMILES string of the molecule is O=C(O)[C@H]1CCCN(C(=O)Cc2ccc(C(F)(F)F)cc2)C1. The van der Waals surface area contributed by atoms with Gasteiger partial charge in [0.2, 0.25) is 5.91 Å². The molecule has 1 atom stereocenters. The molecule has 22 heavy (non-hydrogen) atoms. The highest BCUT2D eigenvalue weighted by molar-refractivity contribution is 5.80. The number of nitrogens with zero attached hydrogens (tertiary/aromatic N) is 1. The maximum atomic E-state index is 12.5. The number of likely N-dealkylation sites (tertiary alicyclic amines) is 1. The number of amides is 1. The second-order valence-corrected chi connectivity index (χ2v) is 5.39. The van der Waals surface area contributed by atoms with Gasteiger partial charge < -0.3 is 10.0 Å². The van der Waals surface area contributed by atoms with E-state index in [9.17, 15) is 22.8 Å². The molecule has 0 spiro atoms. The number of carbonyl (C=O) groups excluding carboxylic acids is 1. The second-order valence-electron chi connectivity index (χ2n) is 5.39. The van der Waals surface area contributed by atoms with Crippen LogP contribution < -0.4 is 0 Å². The molecule has 1 fully saturated rings. The summed E-state index contributed by atoms with van der Waals surface area (Å²) in [5.41, 5.74) is -0.275. The largest absolute Gasteiger partial charge is 0.481 e. The summed E-state index contributed by atoms with van der Waals surface area (Å²) in [4.78, 5) is 24.6. The van der Waals surface area contributed by atoms with Crippen LogP contribution in [0.2, 0.25) is 0 Å². The Bertz CT molecular complexity index is 554. The first kappa shape index (κ1) is 16.3. The zero-order chi connectivity index (χ0) is 16.3. The van der Waals surface area contributed by atoms with E-state index >= 15 is 0 Å². The van der Waals surface area contributed by atoms with E-state index in [0.717, 1.165) is 12.1 Å². The number of hydrogen-bond donors (Lipinski definition) is 1. The Morgan fingerprint density at radius 1 is 1.23 bits per heavy atom. The van der Waals surface area contributed by atoms with Crippen LogP contribution in [0, 0.1) is 5.92 Å². The van der Waals surface area contributed by atoms with Crippen molar-refractivity contribution in [3.63, 3.8) is 0 Å². The van der Waals surface area contributed by atoms with Gasteiger partial charge in [-0.15, -0.1) is 0 Å². The normalized spacial score (nSPS) is 19.0. The molecular weight excluding hydrogens is 299 g/mol. The molecule has 1 aromatic rings. The highest BCUT2D eigenvalue weighted by atomic mass is 19.4. The van der Waals surface area contributed by atoms with Gasteiger partial charge in [-0.3, -0.25) is 9.59 Å². The number of piperidine rings is 1. The van der Waals surface area contributed by atoms with Gasteiger partial charge in [-0.05, 0) is 30.5 Å². The molecule has 0 aromatic heterocycles. The van der Waals surface area contributed by atoms with Crippen molar-refractivity contribution >= 4 is 11.9 Å². The van der Waals surface area contributed by atoms with Crippen molar-refractivity contribution in [3.05, 3.63) is 35.4 Å². The average molecular weight is 315 g/mol. The fourth-order valence-electron chi connectivity index (χ4n) is 2.50. The van der Waals surface area contributed by atoms with Gasteiger partial charge in [0, 0.05) is 13.1 Å². The van der Waals surface area contributed by atoms with E-state index in [1.54, 1.807) is 0 Å². The van der Waals surface area contributed by atoms with Crippen molar-refractivity contribution in [1.82, 2.24) is 4.90 Å². The number of carbonyl (C=O) groups is 2. The molecule has 0 saturated carbocycles. The Morgan fingerprint density at radius 3 is 2.41 bits per heavy atom. The van der Waals surface area contributed by atoms with Gasteiger partial charge in [0.1, 0.15) is 0 Å². The minimum atomic E-state index is -4.40. The van der Waals surface area contributed by atoms with Gasteiger partial charge in [-0.25, -0.2) is 0 Å². The summed E-state index contributed by atoms with van der Waals surface area (Å²) in [7, 11) is 0. The van der Waals surface area contributed by atoms with Gasteiger partial charge in [-0.1, -0.05) is 12.1 Å². The van der Waals surface area contributed by atoms with Crippen LogP contribution in [0.25, 0.3) is 0 Å². The van der Waals surface area contributed by atoms with Crippen LogP contribution in [0.3, 0.4) is 0 Å². The lowest BCUT2D eigenvalue weighted by Gasteiger charge is -2.30. The Morgan fingerprint density at radius 2 is 1.86 bits per heavy atom. The first-order valence-corrected chi connectivity index (χ1v) is 6.94. The zero-order valence-electron chi connectivity index (χ0n) is 11.8. The molecule has 1 aromatic carbocycles. The number of carboxylic acid groups (broad SMARTS) is 1. The zero-order valence-corrected chi connectivity index (χ0v) is 11.8. The fraction of sp³-hybridized carbons (Fsp3) is 0.467. The maximum Gasteiger partial charge on any atom is 0.416 e. The molecule has 0 radical (unpaired) electrons. The molecule has 1 N–H and O–H groups in total. The third-order valence-corrected chi connectivity index (χ3v) is 3.76. The molecule has 1 aliphatic rings. The number of benzene rings is 1. The van der Waals surface area contributed by atoms with Crippen LogP contribution in [-0.4, -0.2) is 35.0 Å². The Labute approximate surface area is 125 Å². The smallest absolute Gasteiger partial charge is 0.416 e. The predicted molar refractivity (Wildman–Crippen MR) is 72.1 cm³/mol. The highest BCUT2D eigenvalue weighted by Crippen LogP contribution is 2.29. The van der Waals surface area contributed by atoms with E-state index in [-0.39, 0.29) is 18.9 Å². The van der Waals surface area contributed by atoms with Crippen molar-refractivity contribution in [2.75, 3.05) is 13.1 Å². The van der Waals surface area contributed by atoms with E-state index in [0.29, 0.717) is 24.9 Å². The molecule has 1 amide bonds. The van der Waals surface area contributed by atoms with Crippen LogP contribution in [0.15, 0.2) is 24.3 Å². The van der Waals surface area contributed by atoms with E-state index in [4.69, 9.17) is 5.11 Å². The number of aliphatic carboxylic acids is 1. The van der Waals surface area contributed by atoms with Gasteiger partial charge in [0.15, 0.2) is 0 Å². The first-order valence-electron chi connectivity index (χ1n) is 6.94. The van der Waals surface area contributed by atoms with Gasteiger partial charge in [0.05, 0.1) is 17.9 Å². The minimum Gasteiger partial charge on any atom is -0.481 e. The molecule has 0 bridgehead atoms. The lowest BCUT2D eigenvalue weighted by molar-refractivity contribution is -0.145. The van der Waals surface area contributed by atoms with Gasteiger partial charge >= 0.3 is 12.1 Å². The summed E-state index contributed by atoms with van der Waals surface area (Å²) in [6.45, 7) is 0.651. The molecular formula is C15H16F3NO3. The quantitative estimate of drug-likeness (QED) is 0.932. The van der Waals surface area contributed by atoms with Gasteiger partial charge in [0.25, 0.3) is 0 Å². The number of hydrogen-bond acceptors (Lipinski definition) is 2. The lowest BCUT2D eigenvalue weighted by atomic mass is 9.97. The van der Waals surface area contributed by atoms with Crippen molar-refractivity contribution in [1.29, 1.82) is 0 Å². The van der Waals surface area contributed by atoms with E-state index in [1.807, 2.05) is 0 Å². The van der Waals surface area contributed by atoms with Crippen LogP contribution in [-0.2, 0) is 22.2 Å². The Kier molecular flexibility index (Phi) is 4.73. The first-order chi connectivity index (χ1) is 10.3. The maximum absolute atomic E-state index is 12.5. The predicted octanol–water partition coefficient (Wildman–Crippen LogP) is 2.57. The second kappa shape index (κ2) is 6.37. The monoisotopic (exact) mass is 315 g/mol. The van der Waals surface area contributed by atoms with Crippen LogP contribution in [0.1, 0.15) is 24.0 Å². The number of rotatable bonds is 3. The summed E-state index contributed by atoms with van der Waals surface area (Å²) >= 11 is 0. The van der Waals surface area contributed by atoms with Crippen LogP contribution >= 0.6 is 0 Å². The van der Waals surface area contributed by atoms with Crippen LogP contribution in [0.4, 0.5) is 13.2 Å². The van der Waals surface area contributed by atoms with Crippen LogP contribution in [0.5, 0.6) is 0 Å². The lowest BCUT2D eigenvalue weighted by Crippen LogP contribution is -2.42. The van der Waals surface area contributed by atoms with Crippen molar-refractivity contribution in [3.8, 4) is 0 Å². The topological polar surface area (TPSA) is 57.6 Å². The third kappa shape index (κ3) is 3.99. The number of halogens is 3. The Balaban J connectivity index is 1.98. The Hall–Kier alpha value is -2.05. The molecule has 2 rings (SSSR count). The summed E-state index contributed by atoms with van der Waals surface area (Å²) < 4.78 is 37.4. The molecule has 1 saturated heterocycles.